The van der Waals surface area contributed by atoms with Crippen molar-refractivity contribution in [1.29, 1.82) is 0 Å². The van der Waals surface area contributed by atoms with Crippen molar-refractivity contribution in [3.05, 3.63) is 0 Å². The zero-order valence-electron chi connectivity index (χ0n) is 12.8. The zero-order chi connectivity index (χ0) is 14.9. The summed E-state index contributed by atoms with van der Waals surface area (Å²) in [6.45, 7) is 4.21. The lowest BCUT2D eigenvalue weighted by Gasteiger charge is -2.28. The van der Waals surface area contributed by atoms with E-state index in [1.165, 1.54) is 12.8 Å². The molecular formula is C15H26N2O3. The largest absolute Gasteiger partial charge is 0.389 e. The Balaban J connectivity index is 1.93. The van der Waals surface area contributed by atoms with Gasteiger partial charge in [0, 0.05) is 32.6 Å². The Hall–Kier alpha value is -1.10. The summed E-state index contributed by atoms with van der Waals surface area (Å²) in [5.41, 5.74) is -0.905. The molecule has 2 amide bonds. The first-order chi connectivity index (χ1) is 9.28. The fraction of sp³-hybridized carbons (Fsp3) is 0.867. The molecule has 5 heteroatoms. The lowest BCUT2D eigenvalue weighted by atomic mass is 10.1. The van der Waals surface area contributed by atoms with Gasteiger partial charge in [-0.15, -0.1) is 0 Å². The Morgan fingerprint density at radius 1 is 1.40 bits per heavy atom. The van der Waals surface area contributed by atoms with Crippen LogP contribution in [0.3, 0.4) is 0 Å². The summed E-state index contributed by atoms with van der Waals surface area (Å²) in [6, 6.07) is 0.347. The van der Waals surface area contributed by atoms with Crippen LogP contribution in [0.1, 0.15) is 46.0 Å². The Labute approximate surface area is 120 Å². The Bertz CT molecular complexity index is 383. The van der Waals surface area contributed by atoms with E-state index in [4.69, 9.17) is 0 Å². The molecule has 1 saturated carbocycles. The minimum absolute atomic E-state index is 0.0269. The molecule has 2 aliphatic rings. The van der Waals surface area contributed by atoms with Gasteiger partial charge in [-0.2, -0.15) is 0 Å². The van der Waals surface area contributed by atoms with Crippen molar-refractivity contribution in [1.82, 2.24) is 9.80 Å². The second kappa shape index (κ2) is 5.72. The predicted molar refractivity (Wildman–Crippen MR) is 76.0 cm³/mol. The van der Waals surface area contributed by atoms with Crippen molar-refractivity contribution in [3.63, 3.8) is 0 Å². The average Bonchev–Trinajstić information content (AvgIpc) is 2.94. The minimum Gasteiger partial charge on any atom is -0.389 e. The van der Waals surface area contributed by atoms with E-state index in [9.17, 15) is 14.7 Å². The van der Waals surface area contributed by atoms with E-state index >= 15 is 0 Å². The van der Waals surface area contributed by atoms with Gasteiger partial charge in [-0.05, 0) is 26.7 Å². The molecule has 0 aromatic heterocycles. The fourth-order valence-electron chi connectivity index (χ4n) is 3.44. The standard InChI is InChI=1S/C15H26N2O3/c1-15(2,20)10-16(3)14(19)11-8-13(18)17(9-11)12-6-4-5-7-12/h11-12,20H,4-10H2,1-3H3. The van der Waals surface area contributed by atoms with E-state index in [0.717, 1.165) is 12.8 Å². The van der Waals surface area contributed by atoms with Gasteiger partial charge in [0.05, 0.1) is 11.5 Å². The van der Waals surface area contributed by atoms with Crippen LogP contribution in [-0.2, 0) is 9.59 Å². The van der Waals surface area contributed by atoms with Crippen molar-refractivity contribution < 1.29 is 14.7 Å². The molecule has 0 spiro atoms. The molecule has 1 unspecified atom stereocenters. The number of carbonyl (C=O) groups excluding carboxylic acids is 2. The van der Waals surface area contributed by atoms with Crippen LogP contribution >= 0.6 is 0 Å². The van der Waals surface area contributed by atoms with Crippen molar-refractivity contribution in [2.45, 2.75) is 57.6 Å². The van der Waals surface area contributed by atoms with Crippen molar-refractivity contribution in [2.75, 3.05) is 20.1 Å². The Kier molecular flexibility index (Phi) is 4.37. The maximum absolute atomic E-state index is 12.4. The number of aliphatic hydroxyl groups is 1. The summed E-state index contributed by atoms with van der Waals surface area (Å²) in [5, 5.41) is 9.79. The van der Waals surface area contributed by atoms with Crippen LogP contribution in [0.25, 0.3) is 0 Å². The van der Waals surface area contributed by atoms with E-state index in [1.807, 2.05) is 4.90 Å². The predicted octanol–water partition coefficient (Wildman–Crippen LogP) is 1.01. The van der Waals surface area contributed by atoms with Gasteiger partial charge in [0.2, 0.25) is 11.8 Å². The zero-order valence-corrected chi connectivity index (χ0v) is 12.8. The summed E-state index contributed by atoms with van der Waals surface area (Å²) in [5.74, 6) is -0.150. The Morgan fingerprint density at radius 2 is 2.00 bits per heavy atom. The molecule has 1 atom stereocenters. The summed E-state index contributed by atoms with van der Waals surface area (Å²) in [7, 11) is 1.70. The van der Waals surface area contributed by atoms with Crippen LogP contribution in [0.15, 0.2) is 0 Å². The van der Waals surface area contributed by atoms with Crippen LogP contribution in [-0.4, -0.2) is 58.5 Å². The molecule has 2 fully saturated rings. The molecule has 5 nitrogen and oxygen atoms in total. The topological polar surface area (TPSA) is 60.9 Å². The van der Waals surface area contributed by atoms with Crippen molar-refractivity contribution in [3.8, 4) is 0 Å². The number of hydrogen-bond donors (Lipinski definition) is 1. The van der Waals surface area contributed by atoms with E-state index < -0.39 is 5.60 Å². The van der Waals surface area contributed by atoms with Gasteiger partial charge >= 0.3 is 0 Å². The highest BCUT2D eigenvalue weighted by Crippen LogP contribution is 2.30. The second-order valence-electron chi connectivity index (χ2n) is 6.89. The second-order valence-corrected chi connectivity index (χ2v) is 6.89. The summed E-state index contributed by atoms with van der Waals surface area (Å²) >= 11 is 0. The van der Waals surface area contributed by atoms with E-state index in [2.05, 4.69) is 0 Å². The third-order valence-corrected chi connectivity index (χ3v) is 4.27. The molecule has 0 bridgehead atoms. The monoisotopic (exact) mass is 282 g/mol. The van der Waals surface area contributed by atoms with E-state index in [-0.39, 0.29) is 17.7 Å². The number of hydrogen-bond acceptors (Lipinski definition) is 3. The summed E-state index contributed by atoms with van der Waals surface area (Å²) < 4.78 is 0. The van der Waals surface area contributed by atoms with Gasteiger partial charge in [-0.3, -0.25) is 9.59 Å². The summed E-state index contributed by atoms with van der Waals surface area (Å²) in [6.07, 6.45) is 4.85. The van der Waals surface area contributed by atoms with E-state index in [1.54, 1.807) is 25.8 Å². The lowest BCUT2D eigenvalue weighted by molar-refractivity contribution is -0.137. The first-order valence-electron chi connectivity index (χ1n) is 7.55. The number of likely N-dealkylation sites (tertiary alicyclic amines) is 1. The van der Waals surface area contributed by atoms with Gasteiger partial charge in [0.1, 0.15) is 0 Å². The highest BCUT2D eigenvalue weighted by atomic mass is 16.3. The lowest BCUT2D eigenvalue weighted by Crippen LogP contribution is -2.43. The quantitative estimate of drug-likeness (QED) is 0.837. The molecule has 114 valence electrons. The number of carbonyl (C=O) groups is 2. The first-order valence-corrected chi connectivity index (χ1v) is 7.55. The number of nitrogens with zero attached hydrogens (tertiary/aromatic N) is 2. The fourth-order valence-corrected chi connectivity index (χ4v) is 3.44. The molecule has 20 heavy (non-hydrogen) atoms. The van der Waals surface area contributed by atoms with Gasteiger partial charge in [0.15, 0.2) is 0 Å². The van der Waals surface area contributed by atoms with Gasteiger partial charge in [-0.1, -0.05) is 12.8 Å². The molecule has 1 aliphatic carbocycles. The van der Waals surface area contributed by atoms with E-state index in [0.29, 0.717) is 25.6 Å². The molecule has 1 N–H and O–H groups in total. The minimum atomic E-state index is -0.905. The molecule has 0 aromatic carbocycles. The van der Waals surface area contributed by atoms with Crippen LogP contribution in [0.4, 0.5) is 0 Å². The number of amides is 2. The number of rotatable bonds is 4. The maximum Gasteiger partial charge on any atom is 0.227 e. The maximum atomic E-state index is 12.4. The third kappa shape index (κ3) is 3.51. The third-order valence-electron chi connectivity index (χ3n) is 4.27. The van der Waals surface area contributed by atoms with Gasteiger partial charge in [-0.25, -0.2) is 0 Å². The van der Waals surface area contributed by atoms with Crippen molar-refractivity contribution in [2.24, 2.45) is 5.92 Å². The van der Waals surface area contributed by atoms with Crippen LogP contribution in [0, 0.1) is 5.92 Å². The average molecular weight is 282 g/mol. The molecular weight excluding hydrogens is 256 g/mol. The molecule has 0 radical (unpaired) electrons. The van der Waals surface area contributed by atoms with Crippen LogP contribution < -0.4 is 0 Å². The molecule has 2 rings (SSSR count). The van der Waals surface area contributed by atoms with Crippen LogP contribution in [0.2, 0.25) is 0 Å². The summed E-state index contributed by atoms with van der Waals surface area (Å²) in [4.78, 5) is 27.9. The van der Waals surface area contributed by atoms with Crippen molar-refractivity contribution >= 4 is 11.8 Å². The highest BCUT2D eigenvalue weighted by molar-refractivity contribution is 5.89. The van der Waals surface area contributed by atoms with Crippen LogP contribution in [0.5, 0.6) is 0 Å². The Morgan fingerprint density at radius 3 is 2.55 bits per heavy atom. The van der Waals surface area contributed by atoms with Gasteiger partial charge in [0.25, 0.3) is 0 Å². The number of likely N-dealkylation sites (N-methyl/N-ethyl adjacent to an activating group) is 1. The van der Waals surface area contributed by atoms with Gasteiger partial charge < -0.3 is 14.9 Å². The SMILES string of the molecule is CN(CC(C)(C)O)C(=O)C1CC(=O)N(C2CCCC2)C1. The highest BCUT2D eigenvalue weighted by Gasteiger charge is 2.39. The molecule has 1 aliphatic heterocycles. The first kappa shape index (κ1) is 15.3. The smallest absolute Gasteiger partial charge is 0.227 e. The normalized spacial score (nSPS) is 24.5. The molecule has 1 heterocycles. The molecule has 1 saturated heterocycles. The molecule has 0 aromatic rings.